The third-order valence-electron chi connectivity index (χ3n) is 6.53. The van der Waals surface area contributed by atoms with Crippen molar-refractivity contribution in [3.63, 3.8) is 0 Å². The van der Waals surface area contributed by atoms with Gasteiger partial charge < -0.3 is 20.1 Å². The molecule has 2 heterocycles. The molecule has 0 radical (unpaired) electrons. The zero-order valence-corrected chi connectivity index (χ0v) is 26.3. The van der Waals surface area contributed by atoms with Gasteiger partial charge in [0.25, 0.3) is 11.8 Å². The topological polar surface area (TPSA) is 152 Å². The zero-order valence-electron chi connectivity index (χ0n) is 26.3. The van der Waals surface area contributed by atoms with Gasteiger partial charge in [0, 0.05) is 40.7 Å². The number of rotatable bonds is 8. The van der Waals surface area contributed by atoms with Crippen LogP contribution < -0.4 is 20.1 Å². The van der Waals surface area contributed by atoms with Gasteiger partial charge in [0.1, 0.15) is 30.0 Å². The normalized spacial score (nSPS) is 10.1. The number of hydrogen-bond acceptors (Lipinski definition) is 9. The Morgan fingerprint density at radius 1 is 0.633 bits per heavy atom. The summed E-state index contributed by atoms with van der Waals surface area (Å²) in [6, 6.07) is 25.2. The molecule has 2 aromatic heterocycles. The number of halogens is 1. The van der Waals surface area contributed by atoms with E-state index in [1.807, 2.05) is 32.0 Å². The average Bonchev–Trinajstić information content (AvgIpc) is 3.09. The summed E-state index contributed by atoms with van der Waals surface area (Å²) in [4.78, 5) is 40.0. The SMILES string of the molecule is Cc1cccc(C(=O)Nc2cc(C#N)cc(Oc3cncnc3)c2)c1.Cc1cccc(C(=O)Nc2cc(F)cc(Oc3cncnc3)c2)c1. The standard InChI is InChI=1S/C19H14N4O2.C18H14FN3O2/c1-13-3-2-4-15(5-13)19(24)23-16-6-14(9-20)7-17(8-16)25-18-10-21-12-22-11-18;1-12-3-2-4-13(5-12)18(23)22-15-6-14(19)7-16(8-15)24-17-9-20-11-21-10-17/h2-8,10-12H,1H3,(H,23,24);2-11H,1H3,(H,22,23). The molecule has 0 spiro atoms. The fourth-order valence-electron chi connectivity index (χ4n) is 4.42. The van der Waals surface area contributed by atoms with Crippen LogP contribution in [0.15, 0.2) is 122 Å². The smallest absolute Gasteiger partial charge is 0.255 e. The molecule has 0 atom stereocenters. The summed E-state index contributed by atoms with van der Waals surface area (Å²) in [6.45, 7) is 3.81. The van der Waals surface area contributed by atoms with E-state index in [-0.39, 0.29) is 17.6 Å². The highest BCUT2D eigenvalue weighted by atomic mass is 19.1. The Balaban J connectivity index is 0.000000191. The Kier molecular flexibility index (Phi) is 10.9. The van der Waals surface area contributed by atoms with Crippen molar-refractivity contribution in [1.29, 1.82) is 5.26 Å². The summed E-state index contributed by atoms with van der Waals surface area (Å²) in [5.74, 6) is 0.361. The molecule has 6 aromatic rings. The van der Waals surface area contributed by atoms with Gasteiger partial charge in [0.2, 0.25) is 0 Å². The van der Waals surface area contributed by atoms with E-state index in [0.29, 0.717) is 45.3 Å². The minimum absolute atomic E-state index is 0.240. The summed E-state index contributed by atoms with van der Waals surface area (Å²) in [6.07, 6.45) is 8.71. The maximum atomic E-state index is 13.8. The van der Waals surface area contributed by atoms with Crippen molar-refractivity contribution in [1.82, 2.24) is 19.9 Å². The minimum Gasteiger partial charge on any atom is -0.454 e. The molecule has 2 N–H and O–H groups in total. The summed E-state index contributed by atoms with van der Waals surface area (Å²) < 4.78 is 24.9. The molecule has 0 aliphatic carbocycles. The number of nitriles is 1. The molecule has 0 aliphatic rings. The van der Waals surface area contributed by atoms with Crippen LogP contribution in [0.3, 0.4) is 0 Å². The van der Waals surface area contributed by atoms with Crippen LogP contribution in [0.25, 0.3) is 0 Å². The van der Waals surface area contributed by atoms with Crippen LogP contribution in [0.5, 0.6) is 23.0 Å². The number of nitrogens with one attached hydrogen (secondary N) is 2. The van der Waals surface area contributed by atoms with Gasteiger partial charge in [-0.2, -0.15) is 5.26 Å². The number of carbonyl (C=O) groups excluding carboxylic acids is 2. The van der Waals surface area contributed by atoms with Crippen LogP contribution in [0.1, 0.15) is 37.4 Å². The van der Waals surface area contributed by atoms with E-state index in [1.165, 1.54) is 55.6 Å². The summed E-state index contributed by atoms with van der Waals surface area (Å²) >= 11 is 0. The third kappa shape index (κ3) is 9.99. The molecule has 0 saturated carbocycles. The lowest BCUT2D eigenvalue weighted by molar-refractivity contribution is 0.101. The molecule has 11 nitrogen and oxygen atoms in total. The molecular formula is C37H28FN7O4. The number of benzene rings is 4. The fourth-order valence-corrected chi connectivity index (χ4v) is 4.42. The van der Waals surface area contributed by atoms with E-state index in [0.717, 1.165) is 11.1 Å². The van der Waals surface area contributed by atoms with Gasteiger partial charge in [-0.25, -0.2) is 24.3 Å². The molecular weight excluding hydrogens is 625 g/mol. The Morgan fingerprint density at radius 2 is 1.10 bits per heavy atom. The number of hydrogen-bond donors (Lipinski definition) is 2. The first kappa shape index (κ1) is 33.4. The van der Waals surface area contributed by atoms with Gasteiger partial charge in [0.15, 0.2) is 11.5 Å². The molecule has 0 fully saturated rings. The molecule has 4 aromatic carbocycles. The van der Waals surface area contributed by atoms with Crippen LogP contribution in [0.4, 0.5) is 15.8 Å². The summed E-state index contributed by atoms with van der Waals surface area (Å²) in [5.41, 5.74) is 4.14. The Hall–Kier alpha value is -7.00. The average molecular weight is 654 g/mol. The van der Waals surface area contributed by atoms with Crippen molar-refractivity contribution >= 4 is 23.2 Å². The maximum absolute atomic E-state index is 13.8. The largest absolute Gasteiger partial charge is 0.454 e. The molecule has 2 amide bonds. The quantitative estimate of drug-likeness (QED) is 0.169. The Bertz CT molecular complexity index is 2120. The van der Waals surface area contributed by atoms with E-state index in [2.05, 4.69) is 36.6 Å². The Labute approximate surface area is 281 Å². The van der Waals surface area contributed by atoms with Gasteiger partial charge in [0.05, 0.1) is 36.4 Å². The highest BCUT2D eigenvalue weighted by molar-refractivity contribution is 6.05. The van der Waals surface area contributed by atoms with Crippen LogP contribution in [-0.2, 0) is 0 Å². The first-order chi connectivity index (χ1) is 23.7. The summed E-state index contributed by atoms with van der Waals surface area (Å²) in [7, 11) is 0. The lowest BCUT2D eigenvalue weighted by Crippen LogP contribution is -2.12. The predicted molar refractivity (Wildman–Crippen MR) is 180 cm³/mol. The molecule has 0 bridgehead atoms. The van der Waals surface area contributed by atoms with Crippen LogP contribution >= 0.6 is 0 Å². The molecule has 6 rings (SSSR count). The second kappa shape index (κ2) is 16.0. The third-order valence-corrected chi connectivity index (χ3v) is 6.53. The van der Waals surface area contributed by atoms with Gasteiger partial charge in [-0.1, -0.05) is 35.4 Å². The van der Waals surface area contributed by atoms with Crippen LogP contribution in [0, 0.1) is 31.0 Å². The monoisotopic (exact) mass is 653 g/mol. The molecule has 0 saturated heterocycles. The van der Waals surface area contributed by atoms with Crippen molar-refractivity contribution in [3.05, 3.63) is 156 Å². The molecule has 12 heteroatoms. The number of carbonyl (C=O) groups is 2. The Morgan fingerprint density at radius 3 is 1.57 bits per heavy atom. The van der Waals surface area contributed by atoms with Crippen molar-refractivity contribution < 1.29 is 23.5 Å². The zero-order chi connectivity index (χ0) is 34.6. The van der Waals surface area contributed by atoms with E-state index >= 15 is 0 Å². The minimum atomic E-state index is -0.524. The van der Waals surface area contributed by atoms with E-state index in [4.69, 9.17) is 9.47 Å². The highest BCUT2D eigenvalue weighted by Gasteiger charge is 2.11. The number of aryl methyl sites for hydroxylation is 2. The van der Waals surface area contributed by atoms with Crippen molar-refractivity contribution in [2.24, 2.45) is 0 Å². The van der Waals surface area contributed by atoms with Crippen LogP contribution in [0.2, 0.25) is 0 Å². The van der Waals surface area contributed by atoms with Gasteiger partial charge in [-0.3, -0.25) is 9.59 Å². The second-order valence-electron chi connectivity index (χ2n) is 10.5. The number of ether oxygens (including phenoxy) is 2. The number of nitrogens with zero attached hydrogens (tertiary/aromatic N) is 5. The summed E-state index contributed by atoms with van der Waals surface area (Å²) in [5, 5.41) is 14.6. The number of amides is 2. The fraction of sp³-hybridized carbons (Fsp3) is 0.0541. The molecule has 242 valence electrons. The molecule has 0 aliphatic heterocycles. The molecule has 0 unspecified atom stereocenters. The first-order valence-electron chi connectivity index (χ1n) is 14.7. The van der Waals surface area contributed by atoms with Crippen molar-refractivity contribution in [3.8, 4) is 29.1 Å². The molecule has 49 heavy (non-hydrogen) atoms. The van der Waals surface area contributed by atoms with E-state index < -0.39 is 5.82 Å². The van der Waals surface area contributed by atoms with Crippen molar-refractivity contribution in [2.75, 3.05) is 10.6 Å². The van der Waals surface area contributed by atoms with Gasteiger partial charge in [-0.15, -0.1) is 0 Å². The van der Waals surface area contributed by atoms with Gasteiger partial charge >= 0.3 is 0 Å². The predicted octanol–water partition coefficient (Wildman–Crippen LogP) is 7.67. The van der Waals surface area contributed by atoms with Gasteiger partial charge in [-0.05, 0) is 56.3 Å². The van der Waals surface area contributed by atoms with Crippen molar-refractivity contribution in [2.45, 2.75) is 13.8 Å². The number of aromatic nitrogens is 4. The lowest BCUT2D eigenvalue weighted by Gasteiger charge is -2.10. The highest BCUT2D eigenvalue weighted by Crippen LogP contribution is 2.27. The maximum Gasteiger partial charge on any atom is 0.255 e. The van der Waals surface area contributed by atoms with Crippen LogP contribution in [-0.4, -0.2) is 31.8 Å². The second-order valence-corrected chi connectivity index (χ2v) is 10.5. The first-order valence-corrected chi connectivity index (χ1v) is 14.7. The number of anilines is 2. The van der Waals surface area contributed by atoms with E-state index in [1.54, 1.807) is 48.5 Å². The van der Waals surface area contributed by atoms with E-state index in [9.17, 15) is 19.2 Å². The lowest BCUT2D eigenvalue weighted by atomic mass is 10.1.